The maximum Gasteiger partial charge on any atom is 0.415 e. The molecule has 6 heteroatoms. The van der Waals surface area contributed by atoms with Crippen molar-refractivity contribution in [1.82, 2.24) is 4.90 Å². The molecule has 2 aromatic rings. The lowest BCUT2D eigenvalue weighted by Gasteiger charge is -2.28. The van der Waals surface area contributed by atoms with Crippen LogP contribution < -0.4 is 14.1 Å². The van der Waals surface area contributed by atoms with Gasteiger partial charge in [0.15, 0.2) is 0 Å². The summed E-state index contributed by atoms with van der Waals surface area (Å²) in [5.74, 6) is 1.08. The van der Waals surface area contributed by atoms with Crippen LogP contribution in [0.2, 0.25) is 0 Å². The maximum absolute atomic E-state index is 12.1. The lowest BCUT2D eigenvalue weighted by Crippen LogP contribution is -2.36. The summed E-state index contributed by atoms with van der Waals surface area (Å²) in [6, 6.07) is 15.2. The number of carbonyl (C=O) groups is 1. The minimum Gasteiger partial charge on any atom is -0.410 e. The van der Waals surface area contributed by atoms with Gasteiger partial charge in [-0.1, -0.05) is 30.3 Å². The highest BCUT2D eigenvalue weighted by Crippen LogP contribution is 2.31. The Morgan fingerprint density at radius 2 is 2.05 bits per heavy atom. The minimum atomic E-state index is -0.357. The molecule has 2 N–H and O–H groups in total. The average Bonchev–Trinajstić information content (AvgIpc) is 2.50. The van der Waals surface area contributed by atoms with E-state index in [0.29, 0.717) is 24.6 Å². The van der Waals surface area contributed by atoms with E-state index in [1.165, 1.54) is 0 Å². The minimum absolute atomic E-state index is 0.357. The highest BCUT2D eigenvalue weighted by atomic mass is 32.2. The van der Waals surface area contributed by atoms with Crippen LogP contribution in [0.15, 0.2) is 48.5 Å². The van der Waals surface area contributed by atoms with E-state index in [0.717, 1.165) is 23.4 Å². The molecule has 21 heavy (non-hydrogen) atoms. The molecular weight excluding hydrogens is 288 g/mol. The molecule has 5 nitrogen and oxygen atoms in total. The van der Waals surface area contributed by atoms with Crippen molar-refractivity contribution in [2.24, 2.45) is 5.14 Å². The molecule has 1 amide bonds. The Balaban J connectivity index is 1.78. The summed E-state index contributed by atoms with van der Waals surface area (Å²) >= 11 is 0.758. The Hall–Kier alpha value is -2.18. The van der Waals surface area contributed by atoms with Crippen molar-refractivity contribution in [1.29, 1.82) is 0 Å². The van der Waals surface area contributed by atoms with Gasteiger partial charge in [-0.15, -0.1) is 0 Å². The first-order valence-electron chi connectivity index (χ1n) is 6.43. The van der Waals surface area contributed by atoms with Gasteiger partial charge in [-0.25, -0.2) is 9.93 Å². The van der Waals surface area contributed by atoms with Gasteiger partial charge in [-0.05, 0) is 17.7 Å². The highest BCUT2D eigenvalue weighted by molar-refractivity contribution is 7.92. The summed E-state index contributed by atoms with van der Waals surface area (Å²) < 4.78 is 10.5. The van der Waals surface area contributed by atoms with Gasteiger partial charge in [0.1, 0.15) is 23.7 Å². The molecule has 108 valence electrons. The number of ether oxygens (including phenoxy) is 1. The van der Waals surface area contributed by atoms with Crippen LogP contribution in [0.3, 0.4) is 0 Å². The standard InChI is InChI=1S/C15H14N2O3S/c16-21-20-13-7-6-12-10-17(15(18)19-14(12)8-13)9-11-4-2-1-3-5-11/h1-8H,9-10,16H2. The van der Waals surface area contributed by atoms with E-state index in [4.69, 9.17) is 14.1 Å². The predicted octanol–water partition coefficient (Wildman–Crippen LogP) is 3.10. The van der Waals surface area contributed by atoms with Crippen molar-refractivity contribution in [3.05, 3.63) is 59.7 Å². The van der Waals surface area contributed by atoms with Gasteiger partial charge < -0.3 is 8.92 Å². The molecule has 0 saturated carbocycles. The van der Waals surface area contributed by atoms with Crippen molar-refractivity contribution < 1.29 is 13.7 Å². The van der Waals surface area contributed by atoms with Crippen LogP contribution in [0, 0.1) is 0 Å². The van der Waals surface area contributed by atoms with Crippen LogP contribution in [-0.4, -0.2) is 11.0 Å². The number of hydrogen-bond acceptors (Lipinski definition) is 5. The van der Waals surface area contributed by atoms with Crippen LogP contribution in [-0.2, 0) is 13.1 Å². The maximum atomic E-state index is 12.1. The lowest BCUT2D eigenvalue weighted by atomic mass is 10.1. The second kappa shape index (κ2) is 6.07. The summed E-state index contributed by atoms with van der Waals surface area (Å²) in [5.41, 5.74) is 2.01. The Labute approximate surface area is 127 Å². The van der Waals surface area contributed by atoms with Crippen LogP contribution in [0.5, 0.6) is 11.5 Å². The van der Waals surface area contributed by atoms with Crippen molar-refractivity contribution in [3.63, 3.8) is 0 Å². The van der Waals surface area contributed by atoms with Crippen molar-refractivity contribution in [3.8, 4) is 11.5 Å². The third-order valence-corrected chi connectivity index (χ3v) is 3.50. The fourth-order valence-corrected chi connectivity index (χ4v) is 2.44. The summed E-state index contributed by atoms with van der Waals surface area (Å²) in [4.78, 5) is 13.7. The van der Waals surface area contributed by atoms with Gasteiger partial charge in [-0.3, -0.25) is 4.90 Å². The molecule has 0 radical (unpaired) electrons. The van der Waals surface area contributed by atoms with Crippen molar-refractivity contribution in [2.45, 2.75) is 13.1 Å². The number of nitrogens with zero attached hydrogens (tertiary/aromatic N) is 1. The van der Waals surface area contributed by atoms with E-state index in [1.54, 1.807) is 17.0 Å². The molecule has 2 aromatic carbocycles. The van der Waals surface area contributed by atoms with Gasteiger partial charge in [0, 0.05) is 18.2 Å². The molecule has 0 unspecified atom stereocenters. The third-order valence-electron chi connectivity index (χ3n) is 3.22. The normalized spacial score (nSPS) is 13.6. The van der Waals surface area contributed by atoms with E-state index >= 15 is 0 Å². The van der Waals surface area contributed by atoms with E-state index in [-0.39, 0.29) is 6.09 Å². The zero-order valence-electron chi connectivity index (χ0n) is 11.2. The van der Waals surface area contributed by atoms with E-state index < -0.39 is 0 Å². The molecule has 0 fully saturated rings. The number of nitrogens with two attached hydrogens (primary N) is 1. The quantitative estimate of drug-likeness (QED) is 0.694. The number of amides is 1. The fourth-order valence-electron chi connectivity index (χ4n) is 2.22. The number of rotatable bonds is 4. The number of benzene rings is 2. The summed E-state index contributed by atoms with van der Waals surface area (Å²) in [6.45, 7) is 1.04. The molecular formula is C15H14N2O3S. The Kier molecular flexibility index (Phi) is 3.98. The van der Waals surface area contributed by atoms with Crippen molar-refractivity contribution in [2.75, 3.05) is 0 Å². The topological polar surface area (TPSA) is 64.8 Å². The summed E-state index contributed by atoms with van der Waals surface area (Å²) in [6.07, 6.45) is -0.357. The monoisotopic (exact) mass is 302 g/mol. The molecule has 0 spiro atoms. The number of fused-ring (bicyclic) bond motifs is 1. The SMILES string of the molecule is NSOc1ccc2c(c1)OC(=O)N(Cc1ccccc1)C2. The molecule has 3 rings (SSSR count). The van der Waals surface area contributed by atoms with E-state index in [2.05, 4.69) is 0 Å². The van der Waals surface area contributed by atoms with Crippen molar-refractivity contribution >= 4 is 18.3 Å². The Bertz CT molecular complexity index is 649. The fraction of sp³-hybridized carbons (Fsp3) is 0.133. The second-order valence-corrected chi connectivity index (χ2v) is 5.02. The zero-order chi connectivity index (χ0) is 14.7. The molecule has 0 aromatic heterocycles. The molecule has 1 heterocycles. The van der Waals surface area contributed by atoms with Crippen LogP contribution in [0.1, 0.15) is 11.1 Å². The molecule has 1 aliphatic rings. The van der Waals surface area contributed by atoms with Crippen LogP contribution in [0.25, 0.3) is 0 Å². The molecule has 0 aliphatic carbocycles. The lowest BCUT2D eigenvalue weighted by molar-refractivity contribution is 0.135. The van der Waals surface area contributed by atoms with Gasteiger partial charge in [0.05, 0.1) is 6.54 Å². The first-order chi connectivity index (χ1) is 10.3. The van der Waals surface area contributed by atoms with Gasteiger partial charge in [-0.2, -0.15) is 0 Å². The zero-order valence-corrected chi connectivity index (χ0v) is 12.0. The third kappa shape index (κ3) is 3.12. The molecule has 1 aliphatic heterocycles. The van der Waals surface area contributed by atoms with Gasteiger partial charge in [0.2, 0.25) is 0 Å². The average molecular weight is 302 g/mol. The van der Waals surface area contributed by atoms with Crippen LogP contribution >= 0.6 is 12.2 Å². The molecule has 0 atom stereocenters. The Morgan fingerprint density at radius 1 is 1.24 bits per heavy atom. The van der Waals surface area contributed by atoms with Gasteiger partial charge >= 0.3 is 6.09 Å². The summed E-state index contributed by atoms with van der Waals surface area (Å²) in [5, 5.41) is 5.25. The largest absolute Gasteiger partial charge is 0.415 e. The predicted molar refractivity (Wildman–Crippen MR) is 80.6 cm³/mol. The second-order valence-electron chi connectivity index (χ2n) is 4.66. The number of hydrogen-bond donors (Lipinski definition) is 1. The van der Waals surface area contributed by atoms with E-state index in [9.17, 15) is 4.79 Å². The molecule has 0 bridgehead atoms. The highest BCUT2D eigenvalue weighted by Gasteiger charge is 2.25. The first-order valence-corrected chi connectivity index (χ1v) is 7.24. The van der Waals surface area contributed by atoms with Gasteiger partial charge in [0.25, 0.3) is 0 Å². The first kappa shape index (κ1) is 13.8. The Morgan fingerprint density at radius 3 is 2.81 bits per heavy atom. The molecule has 0 saturated heterocycles. The van der Waals surface area contributed by atoms with E-state index in [1.807, 2.05) is 36.4 Å². The number of carbonyl (C=O) groups excluding carboxylic acids is 1. The van der Waals surface area contributed by atoms with Crippen LogP contribution in [0.4, 0.5) is 4.79 Å². The summed E-state index contributed by atoms with van der Waals surface area (Å²) in [7, 11) is 0. The smallest absolute Gasteiger partial charge is 0.410 e.